The summed E-state index contributed by atoms with van der Waals surface area (Å²) in [5, 5.41) is 15.2. The number of carbonyl (C=O) groups excluding carboxylic acids is 1. The molecular weight excluding hydrogens is 352 g/mol. The maximum absolute atomic E-state index is 12.9. The maximum atomic E-state index is 12.9. The van der Waals surface area contributed by atoms with E-state index in [1.54, 1.807) is 23.1 Å². The third-order valence-electron chi connectivity index (χ3n) is 4.05. The average Bonchev–Trinajstić information content (AvgIpc) is 3.14. The zero-order valence-electron chi connectivity index (χ0n) is 14.3. The number of aromatic nitrogens is 3. The van der Waals surface area contributed by atoms with Gasteiger partial charge in [0.1, 0.15) is 19.2 Å². The van der Waals surface area contributed by atoms with Crippen LogP contribution in [0.1, 0.15) is 17.2 Å². The number of aliphatic hydroxyl groups is 1. The van der Waals surface area contributed by atoms with Crippen molar-refractivity contribution in [2.75, 3.05) is 11.4 Å². The largest absolute Gasteiger partial charge is 0.387 e. The molecule has 0 aliphatic heterocycles. The number of hydrogen-bond acceptors (Lipinski definition) is 4. The number of rotatable bonds is 6. The molecule has 134 valence electrons. The first-order chi connectivity index (χ1) is 12.5. The van der Waals surface area contributed by atoms with Crippen LogP contribution in [0.5, 0.6) is 0 Å². The molecule has 0 spiro atoms. The summed E-state index contributed by atoms with van der Waals surface area (Å²) in [6.07, 6.45) is 2.05. The van der Waals surface area contributed by atoms with E-state index >= 15 is 0 Å². The van der Waals surface area contributed by atoms with E-state index in [0.717, 1.165) is 11.1 Å². The number of amides is 1. The smallest absolute Gasteiger partial charge is 0.248 e. The van der Waals surface area contributed by atoms with Gasteiger partial charge in [-0.1, -0.05) is 41.9 Å². The molecule has 1 N–H and O–H groups in total. The molecule has 1 unspecified atom stereocenters. The summed E-state index contributed by atoms with van der Waals surface area (Å²) in [6, 6.07) is 14.6. The van der Waals surface area contributed by atoms with Gasteiger partial charge in [-0.05, 0) is 36.2 Å². The zero-order chi connectivity index (χ0) is 18.5. The van der Waals surface area contributed by atoms with Crippen molar-refractivity contribution in [2.24, 2.45) is 0 Å². The molecule has 3 rings (SSSR count). The van der Waals surface area contributed by atoms with E-state index in [9.17, 15) is 9.90 Å². The normalized spacial score (nSPS) is 12.0. The molecular formula is C19H19ClN4O2. The molecule has 1 aromatic heterocycles. The van der Waals surface area contributed by atoms with Crippen LogP contribution in [0, 0.1) is 6.92 Å². The summed E-state index contributed by atoms with van der Waals surface area (Å²) in [5.74, 6) is -0.198. The number of halogens is 1. The van der Waals surface area contributed by atoms with Crippen molar-refractivity contribution in [3.63, 3.8) is 0 Å². The minimum absolute atomic E-state index is 0.0313. The zero-order valence-corrected chi connectivity index (χ0v) is 15.0. The van der Waals surface area contributed by atoms with E-state index in [1.165, 1.54) is 17.3 Å². The summed E-state index contributed by atoms with van der Waals surface area (Å²) in [6.45, 7) is 2.04. The predicted octanol–water partition coefficient (Wildman–Crippen LogP) is 3.01. The first-order valence-electron chi connectivity index (χ1n) is 8.16. The summed E-state index contributed by atoms with van der Waals surface area (Å²) >= 11 is 6.04. The molecule has 1 heterocycles. The molecule has 6 nitrogen and oxygen atoms in total. The lowest BCUT2D eigenvalue weighted by atomic mass is 10.1. The van der Waals surface area contributed by atoms with Crippen molar-refractivity contribution in [3.05, 3.63) is 77.3 Å². The maximum Gasteiger partial charge on any atom is 0.248 e. The molecule has 0 saturated carbocycles. The van der Waals surface area contributed by atoms with Gasteiger partial charge in [0.25, 0.3) is 0 Å². The van der Waals surface area contributed by atoms with Gasteiger partial charge in [-0.2, -0.15) is 5.10 Å². The highest BCUT2D eigenvalue weighted by atomic mass is 35.5. The molecule has 0 aliphatic rings. The predicted molar refractivity (Wildman–Crippen MR) is 100.0 cm³/mol. The monoisotopic (exact) mass is 370 g/mol. The number of hydrogen-bond donors (Lipinski definition) is 1. The number of aryl methyl sites for hydroxylation is 1. The Bertz CT molecular complexity index is 869. The Balaban J connectivity index is 1.89. The molecule has 3 aromatic rings. The molecule has 1 atom stereocenters. The van der Waals surface area contributed by atoms with Gasteiger partial charge in [0, 0.05) is 10.7 Å². The first-order valence-corrected chi connectivity index (χ1v) is 8.54. The Morgan fingerprint density at radius 3 is 2.69 bits per heavy atom. The number of carbonyl (C=O) groups is 1. The molecule has 2 aromatic carbocycles. The summed E-state index contributed by atoms with van der Waals surface area (Å²) in [5.41, 5.74) is 2.30. The fourth-order valence-electron chi connectivity index (χ4n) is 2.75. The van der Waals surface area contributed by atoms with Gasteiger partial charge in [-0.3, -0.25) is 4.79 Å². The fourth-order valence-corrected chi connectivity index (χ4v) is 2.97. The van der Waals surface area contributed by atoms with Crippen LogP contribution in [0.4, 0.5) is 5.69 Å². The molecule has 0 bridgehead atoms. The highest BCUT2D eigenvalue weighted by molar-refractivity contribution is 6.30. The second kappa shape index (κ2) is 8.12. The molecule has 1 amide bonds. The van der Waals surface area contributed by atoms with Crippen molar-refractivity contribution in [2.45, 2.75) is 19.6 Å². The van der Waals surface area contributed by atoms with Crippen molar-refractivity contribution in [1.29, 1.82) is 0 Å². The van der Waals surface area contributed by atoms with E-state index in [4.69, 9.17) is 11.6 Å². The second-order valence-electron chi connectivity index (χ2n) is 5.95. The van der Waals surface area contributed by atoms with E-state index in [2.05, 4.69) is 10.1 Å². The summed E-state index contributed by atoms with van der Waals surface area (Å²) in [4.78, 5) is 18.3. The molecule has 7 heteroatoms. The quantitative estimate of drug-likeness (QED) is 0.724. The number of nitrogens with zero attached hydrogens (tertiary/aromatic N) is 4. The van der Waals surface area contributed by atoms with Gasteiger partial charge in [0.2, 0.25) is 5.91 Å². The summed E-state index contributed by atoms with van der Waals surface area (Å²) < 4.78 is 1.45. The number of benzene rings is 2. The van der Waals surface area contributed by atoms with Crippen LogP contribution < -0.4 is 4.90 Å². The van der Waals surface area contributed by atoms with E-state index in [1.807, 2.05) is 37.3 Å². The SMILES string of the molecule is Cc1cc(Cl)ccc1N(CC(O)c1ccccc1)C(=O)Cn1cncn1. The van der Waals surface area contributed by atoms with Gasteiger partial charge in [0.15, 0.2) is 0 Å². The highest BCUT2D eigenvalue weighted by Crippen LogP contribution is 2.26. The lowest BCUT2D eigenvalue weighted by Crippen LogP contribution is -2.37. The van der Waals surface area contributed by atoms with Crippen LogP contribution in [-0.2, 0) is 11.3 Å². The van der Waals surface area contributed by atoms with Gasteiger partial charge >= 0.3 is 0 Å². The average molecular weight is 371 g/mol. The molecule has 0 saturated heterocycles. The minimum Gasteiger partial charge on any atom is -0.387 e. The van der Waals surface area contributed by atoms with E-state index in [0.29, 0.717) is 10.7 Å². The Labute approximate surface area is 156 Å². The van der Waals surface area contributed by atoms with Crippen LogP contribution in [0.25, 0.3) is 0 Å². The van der Waals surface area contributed by atoms with Crippen LogP contribution >= 0.6 is 11.6 Å². The Kier molecular flexibility index (Phi) is 5.65. The Morgan fingerprint density at radius 2 is 2.04 bits per heavy atom. The van der Waals surface area contributed by atoms with Crippen LogP contribution in [0.15, 0.2) is 61.2 Å². The molecule has 0 radical (unpaired) electrons. The fraction of sp³-hybridized carbons (Fsp3) is 0.211. The van der Waals surface area contributed by atoms with Gasteiger partial charge in [-0.15, -0.1) is 0 Å². The molecule has 26 heavy (non-hydrogen) atoms. The van der Waals surface area contributed by atoms with Crippen molar-refractivity contribution in [1.82, 2.24) is 14.8 Å². The van der Waals surface area contributed by atoms with Crippen molar-refractivity contribution < 1.29 is 9.90 Å². The summed E-state index contributed by atoms with van der Waals surface area (Å²) in [7, 11) is 0. The Morgan fingerprint density at radius 1 is 1.27 bits per heavy atom. The van der Waals surface area contributed by atoms with Gasteiger partial charge < -0.3 is 10.0 Å². The lowest BCUT2D eigenvalue weighted by Gasteiger charge is -2.27. The lowest BCUT2D eigenvalue weighted by molar-refractivity contribution is -0.119. The second-order valence-corrected chi connectivity index (χ2v) is 6.39. The number of anilines is 1. The van der Waals surface area contributed by atoms with Crippen LogP contribution in [-0.4, -0.2) is 32.3 Å². The highest BCUT2D eigenvalue weighted by Gasteiger charge is 2.22. The van der Waals surface area contributed by atoms with E-state index < -0.39 is 6.10 Å². The van der Waals surface area contributed by atoms with Gasteiger partial charge in [-0.25, -0.2) is 9.67 Å². The topological polar surface area (TPSA) is 71.2 Å². The van der Waals surface area contributed by atoms with Crippen molar-refractivity contribution in [3.8, 4) is 0 Å². The first kappa shape index (κ1) is 18.1. The Hall–Kier alpha value is -2.70. The van der Waals surface area contributed by atoms with Crippen LogP contribution in [0.3, 0.4) is 0 Å². The van der Waals surface area contributed by atoms with E-state index in [-0.39, 0.29) is 19.0 Å². The van der Waals surface area contributed by atoms with Gasteiger partial charge in [0.05, 0.1) is 12.6 Å². The molecule has 0 fully saturated rings. The third-order valence-corrected chi connectivity index (χ3v) is 4.29. The van der Waals surface area contributed by atoms with Crippen LogP contribution in [0.2, 0.25) is 5.02 Å². The number of aliphatic hydroxyl groups excluding tert-OH is 1. The standard InChI is InChI=1S/C19H19ClN4O2/c1-14-9-16(20)7-8-17(14)24(19(26)11-23-13-21-12-22-23)10-18(25)15-5-3-2-4-6-15/h2-9,12-13,18,25H,10-11H2,1H3. The van der Waals surface area contributed by atoms with Crippen molar-refractivity contribution >= 4 is 23.2 Å². The third kappa shape index (κ3) is 4.28. The molecule has 0 aliphatic carbocycles. The minimum atomic E-state index is -0.814.